The van der Waals surface area contributed by atoms with E-state index in [1.165, 1.54) is 24.7 Å². The van der Waals surface area contributed by atoms with E-state index in [4.69, 9.17) is 9.47 Å². The summed E-state index contributed by atoms with van der Waals surface area (Å²) in [4.78, 5) is 14.6. The first-order chi connectivity index (χ1) is 15.2. The monoisotopic (exact) mass is 419 g/mol. The number of nitrogens with zero attached hydrogens (tertiary/aromatic N) is 1. The SMILES string of the molecule is COC(=O)C=CC1C2CCCC1(c1cccc(OC)c1)CCN2CCc1ccccc1. The number of benzene rings is 2. The first-order valence-corrected chi connectivity index (χ1v) is 11.3. The second-order valence-corrected chi connectivity index (χ2v) is 8.78. The first kappa shape index (κ1) is 21.6. The fourth-order valence-electron chi connectivity index (χ4n) is 5.72. The molecule has 1 saturated heterocycles. The highest BCUT2D eigenvalue weighted by molar-refractivity contribution is 5.81. The number of fused-ring (bicyclic) bond motifs is 2. The van der Waals surface area contributed by atoms with Crippen molar-refractivity contribution < 1.29 is 14.3 Å². The lowest BCUT2D eigenvalue weighted by atomic mass is 9.56. The molecule has 4 heteroatoms. The van der Waals surface area contributed by atoms with E-state index in [2.05, 4.69) is 59.5 Å². The standard InChI is InChI=1S/C27H33NO3/c1-30-23-11-6-10-22(20-23)27-16-7-12-25(24(27)13-14-26(29)31-2)28(19-17-27)18-15-21-8-4-3-5-9-21/h3-6,8-11,13-14,20,24-25H,7,12,15-19H2,1-2H3. The normalized spacial score (nSPS) is 26.0. The molecule has 1 heterocycles. The van der Waals surface area contributed by atoms with Crippen LogP contribution in [0, 0.1) is 5.92 Å². The smallest absolute Gasteiger partial charge is 0.330 e. The van der Waals surface area contributed by atoms with Gasteiger partial charge in [0.25, 0.3) is 0 Å². The van der Waals surface area contributed by atoms with Crippen LogP contribution in [0.1, 0.15) is 36.8 Å². The zero-order valence-corrected chi connectivity index (χ0v) is 18.6. The maximum atomic E-state index is 12.0. The lowest BCUT2D eigenvalue weighted by molar-refractivity contribution is -0.134. The Hall–Kier alpha value is -2.59. The summed E-state index contributed by atoms with van der Waals surface area (Å²) < 4.78 is 10.4. The molecule has 1 aliphatic heterocycles. The number of esters is 1. The average Bonchev–Trinajstić information content (AvgIpc) is 2.82. The summed E-state index contributed by atoms with van der Waals surface area (Å²) >= 11 is 0. The molecule has 0 amide bonds. The van der Waals surface area contributed by atoms with Gasteiger partial charge in [-0.15, -0.1) is 0 Å². The lowest BCUT2D eigenvalue weighted by Gasteiger charge is -2.56. The summed E-state index contributed by atoms with van der Waals surface area (Å²) in [6, 6.07) is 19.7. The van der Waals surface area contributed by atoms with Crippen LogP contribution in [0.4, 0.5) is 0 Å². The van der Waals surface area contributed by atoms with Crippen LogP contribution in [0.25, 0.3) is 0 Å². The highest BCUT2D eigenvalue weighted by Gasteiger charge is 2.50. The molecule has 4 rings (SSSR count). The van der Waals surface area contributed by atoms with Gasteiger partial charge < -0.3 is 9.47 Å². The second-order valence-electron chi connectivity index (χ2n) is 8.78. The number of hydrogen-bond donors (Lipinski definition) is 0. The van der Waals surface area contributed by atoms with Gasteiger partial charge >= 0.3 is 5.97 Å². The highest BCUT2D eigenvalue weighted by atomic mass is 16.5. The molecule has 2 bridgehead atoms. The predicted octanol–water partition coefficient (Wildman–Crippen LogP) is 4.78. The van der Waals surface area contributed by atoms with Crippen molar-refractivity contribution in [3.8, 4) is 5.75 Å². The molecule has 0 aromatic heterocycles. The van der Waals surface area contributed by atoms with Crippen molar-refractivity contribution in [1.82, 2.24) is 4.90 Å². The van der Waals surface area contributed by atoms with Gasteiger partial charge in [-0.1, -0.05) is 55.0 Å². The van der Waals surface area contributed by atoms with E-state index in [1.807, 2.05) is 6.07 Å². The van der Waals surface area contributed by atoms with Gasteiger partial charge in [0.15, 0.2) is 0 Å². The van der Waals surface area contributed by atoms with Crippen molar-refractivity contribution in [2.75, 3.05) is 27.3 Å². The number of carbonyl (C=O) groups excluding carboxylic acids is 1. The summed E-state index contributed by atoms with van der Waals surface area (Å²) in [5, 5.41) is 0. The van der Waals surface area contributed by atoms with Crippen molar-refractivity contribution >= 4 is 5.97 Å². The third kappa shape index (κ3) is 4.54. The van der Waals surface area contributed by atoms with E-state index in [1.54, 1.807) is 13.2 Å². The minimum atomic E-state index is -0.278. The Balaban J connectivity index is 1.64. The lowest BCUT2D eigenvalue weighted by Crippen LogP contribution is -2.58. The second kappa shape index (κ2) is 9.69. The van der Waals surface area contributed by atoms with Crippen LogP contribution in [0.5, 0.6) is 5.75 Å². The zero-order chi connectivity index (χ0) is 21.7. The average molecular weight is 420 g/mol. The maximum Gasteiger partial charge on any atom is 0.330 e. The van der Waals surface area contributed by atoms with E-state index < -0.39 is 0 Å². The van der Waals surface area contributed by atoms with Gasteiger partial charge in [-0.05, 0) is 55.5 Å². The quantitative estimate of drug-likeness (QED) is 0.478. The summed E-state index contributed by atoms with van der Waals surface area (Å²) in [5.74, 6) is 0.897. The van der Waals surface area contributed by atoms with Crippen LogP contribution in [-0.4, -0.2) is 44.2 Å². The van der Waals surface area contributed by atoms with Gasteiger partial charge in [0.1, 0.15) is 5.75 Å². The summed E-state index contributed by atoms with van der Waals surface area (Å²) in [7, 11) is 3.17. The topological polar surface area (TPSA) is 38.8 Å². The molecule has 0 spiro atoms. The molecule has 2 aromatic rings. The fourth-order valence-corrected chi connectivity index (χ4v) is 5.72. The van der Waals surface area contributed by atoms with Crippen molar-refractivity contribution in [2.45, 2.75) is 43.6 Å². The minimum Gasteiger partial charge on any atom is -0.497 e. The number of piperidine rings is 1. The molecule has 2 fully saturated rings. The Kier molecular flexibility index (Phi) is 6.77. The van der Waals surface area contributed by atoms with Crippen molar-refractivity contribution in [3.63, 3.8) is 0 Å². The summed E-state index contributed by atoms with van der Waals surface area (Å²) in [6.07, 6.45) is 9.41. The molecule has 1 aliphatic carbocycles. The van der Waals surface area contributed by atoms with Crippen LogP contribution in [0.3, 0.4) is 0 Å². The largest absolute Gasteiger partial charge is 0.497 e. The third-order valence-electron chi connectivity index (χ3n) is 7.31. The van der Waals surface area contributed by atoms with Crippen LogP contribution in [0.15, 0.2) is 66.7 Å². The molecule has 3 atom stereocenters. The van der Waals surface area contributed by atoms with Crippen LogP contribution >= 0.6 is 0 Å². The van der Waals surface area contributed by atoms with Crippen LogP contribution in [0.2, 0.25) is 0 Å². The molecular formula is C27H33NO3. The molecule has 3 unspecified atom stereocenters. The minimum absolute atomic E-state index is 0.0330. The van der Waals surface area contributed by atoms with Gasteiger partial charge in [-0.3, -0.25) is 4.90 Å². The molecule has 2 aliphatic rings. The Morgan fingerprint density at radius 1 is 1.13 bits per heavy atom. The number of carbonyl (C=O) groups is 1. The first-order valence-electron chi connectivity index (χ1n) is 11.3. The third-order valence-corrected chi connectivity index (χ3v) is 7.31. The van der Waals surface area contributed by atoms with Gasteiger partial charge in [0.05, 0.1) is 14.2 Å². The van der Waals surface area contributed by atoms with Gasteiger partial charge in [0.2, 0.25) is 0 Å². The van der Waals surface area contributed by atoms with E-state index in [0.29, 0.717) is 6.04 Å². The summed E-state index contributed by atoms with van der Waals surface area (Å²) in [5.41, 5.74) is 2.74. The molecule has 0 N–H and O–H groups in total. The Morgan fingerprint density at radius 2 is 1.97 bits per heavy atom. The van der Waals surface area contributed by atoms with Gasteiger partial charge in [-0.2, -0.15) is 0 Å². The van der Waals surface area contributed by atoms with Crippen molar-refractivity contribution in [3.05, 3.63) is 77.9 Å². The van der Waals surface area contributed by atoms with Crippen molar-refractivity contribution in [1.29, 1.82) is 0 Å². The molecule has 1 saturated carbocycles. The van der Waals surface area contributed by atoms with Gasteiger partial charge in [0, 0.05) is 30.0 Å². The summed E-state index contributed by atoms with van der Waals surface area (Å²) in [6.45, 7) is 2.13. The van der Waals surface area contributed by atoms with Gasteiger partial charge in [-0.25, -0.2) is 4.79 Å². The molecular weight excluding hydrogens is 386 g/mol. The number of hydrogen-bond acceptors (Lipinski definition) is 4. The Labute approximate surface area is 185 Å². The molecule has 164 valence electrons. The van der Waals surface area contributed by atoms with E-state index in [9.17, 15) is 4.79 Å². The molecule has 31 heavy (non-hydrogen) atoms. The van der Waals surface area contributed by atoms with E-state index in [-0.39, 0.29) is 17.3 Å². The maximum absolute atomic E-state index is 12.0. The number of ether oxygens (including phenoxy) is 2. The number of methoxy groups -OCH3 is 2. The number of likely N-dealkylation sites (tertiary alicyclic amines) is 1. The Morgan fingerprint density at radius 3 is 2.74 bits per heavy atom. The van der Waals surface area contributed by atoms with Crippen LogP contribution in [-0.2, 0) is 21.4 Å². The van der Waals surface area contributed by atoms with Crippen molar-refractivity contribution in [2.24, 2.45) is 5.92 Å². The number of rotatable bonds is 7. The highest BCUT2D eigenvalue weighted by Crippen LogP contribution is 2.52. The Bertz CT molecular complexity index is 910. The van der Waals surface area contributed by atoms with E-state index in [0.717, 1.165) is 44.5 Å². The van der Waals surface area contributed by atoms with E-state index >= 15 is 0 Å². The fraction of sp³-hybridized carbons (Fsp3) is 0.444. The zero-order valence-electron chi connectivity index (χ0n) is 18.6. The predicted molar refractivity (Wildman–Crippen MR) is 123 cm³/mol. The van der Waals surface area contributed by atoms with Crippen LogP contribution < -0.4 is 4.74 Å². The molecule has 0 radical (unpaired) electrons. The molecule has 2 aromatic carbocycles. The molecule has 4 nitrogen and oxygen atoms in total.